The van der Waals surface area contributed by atoms with Gasteiger partial charge in [-0.25, -0.2) is 9.37 Å². The van der Waals surface area contributed by atoms with Gasteiger partial charge in [0.25, 0.3) is 0 Å². The zero-order valence-electron chi connectivity index (χ0n) is 9.38. The van der Waals surface area contributed by atoms with E-state index in [0.29, 0.717) is 11.9 Å². The van der Waals surface area contributed by atoms with Crippen molar-refractivity contribution in [1.82, 2.24) is 10.3 Å². The Bertz CT molecular complexity index is 324. The van der Waals surface area contributed by atoms with Crippen LogP contribution in [-0.4, -0.2) is 24.1 Å². The predicted molar refractivity (Wildman–Crippen MR) is 62.9 cm³/mol. The monoisotopic (exact) mass is 223 g/mol. The van der Waals surface area contributed by atoms with Crippen molar-refractivity contribution in [3.05, 3.63) is 24.1 Å². The number of halogens is 1. The summed E-state index contributed by atoms with van der Waals surface area (Å²) in [6, 6.07) is 3.60. The van der Waals surface area contributed by atoms with E-state index in [-0.39, 0.29) is 5.82 Å². The van der Waals surface area contributed by atoms with Gasteiger partial charge in [-0.2, -0.15) is 0 Å². The third kappa shape index (κ3) is 3.17. The van der Waals surface area contributed by atoms with Crippen LogP contribution < -0.4 is 10.6 Å². The van der Waals surface area contributed by atoms with E-state index in [9.17, 15) is 4.39 Å². The van der Waals surface area contributed by atoms with Crippen molar-refractivity contribution in [2.75, 3.05) is 18.4 Å². The summed E-state index contributed by atoms with van der Waals surface area (Å²) in [7, 11) is 0. The molecule has 2 rings (SSSR count). The van der Waals surface area contributed by atoms with Gasteiger partial charge >= 0.3 is 0 Å². The Morgan fingerprint density at radius 2 is 2.44 bits per heavy atom. The van der Waals surface area contributed by atoms with Crippen molar-refractivity contribution in [3.8, 4) is 0 Å². The molecule has 1 saturated heterocycles. The first-order valence-electron chi connectivity index (χ1n) is 5.94. The minimum Gasteiger partial charge on any atom is -0.368 e. The summed E-state index contributed by atoms with van der Waals surface area (Å²) in [5.74, 6) is 0.0809. The molecule has 3 nitrogen and oxygen atoms in total. The lowest BCUT2D eigenvalue weighted by atomic mass is 10.0. The number of hydrogen-bond donors (Lipinski definition) is 2. The molecule has 0 spiro atoms. The number of pyridine rings is 1. The molecule has 2 heterocycles. The summed E-state index contributed by atoms with van der Waals surface area (Å²) in [6.45, 7) is 1.88. The van der Waals surface area contributed by atoms with Gasteiger partial charge in [0.2, 0.25) is 0 Å². The number of piperidine rings is 1. The second-order valence-corrected chi connectivity index (χ2v) is 4.20. The van der Waals surface area contributed by atoms with Crippen LogP contribution in [0.5, 0.6) is 0 Å². The SMILES string of the molecule is Fc1cccnc1NCCC1CCCCN1. The highest BCUT2D eigenvalue weighted by molar-refractivity contribution is 5.35. The fourth-order valence-electron chi connectivity index (χ4n) is 2.05. The number of anilines is 1. The highest BCUT2D eigenvalue weighted by Crippen LogP contribution is 2.12. The van der Waals surface area contributed by atoms with Gasteiger partial charge in [-0.05, 0) is 37.9 Å². The van der Waals surface area contributed by atoms with Crippen LogP contribution in [0.1, 0.15) is 25.7 Å². The molecule has 0 bridgehead atoms. The molecule has 1 unspecified atom stereocenters. The number of nitrogens with one attached hydrogen (secondary N) is 2. The normalized spacial score (nSPS) is 20.7. The molecule has 16 heavy (non-hydrogen) atoms. The van der Waals surface area contributed by atoms with Gasteiger partial charge in [0, 0.05) is 18.8 Å². The van der Waals surface area contributed by atoms with Crippen LogP contribution in [0.2, 0.25) is 0 Å². The van der Waals surface area contributed by atoms with Crippen LogP contribution in [0.3, 0.4) is 0 Å². The molecule has 0 aromatic carbocycles. The molecule has 1 aromatic heterocycles. The average molecular weight is 223 g/mol. The fourth-order valence-corrected chi connectivity index (χ4v) is 2.05. The minimum atomic E-state index is -0.279. The van der Waals surface area contributed by atoms with E-state index in [2.05, 4.69) is 15.6 Å². The lowest BCUT2D eigenvalue weighted by Crippen LogP contribution is -2.35. The van der Waals surface area contributed by atoms with Crippen LogP contribution in [0.15, 0.2) is 18.3 Å². The number of hydrogen-bond acceptors (Lipinski definition) is 3. The van der Waals surface area contributed by atoms with Crippen molar-refractivity contribution in [2.45, 2.75) is 31.7 Å². The largest absolute Gasteiger partial charge is 0.368 e. The van der Waals surface area contributed by atoms with E-state index in [1.165, 1.54) is 25.3 Å². The standard InChI is InChI=1S/C12H18FN3/c13-11-5-3-8-15-12(11)16-9-6-10-4-1-2-7-14-10/h3,5,8,10,14H,1-2,4,6-7,9H2,(H,15,16). The second-order valence-electron chi connectivity index (χ2n) is 4.20. The molecule has 1 fully saturated rings. The Morgan fingerprint density at radius 3 is 3.19 bits per heavy atom. The van der Waals surface area contributed by atoms with E-state index >= 15 is 0 Å². The highest BCUT2D eigenvalue weighted by atomic mass is 19.1. The van der Waals surface area contributed by atoms with E-state index in [4.69, 9.17) is 0 Å². The van der Waals surface area contributed by atoms with Crippen LogP contribution in [0.4, 0.5) is 10.2 Å². The first-order chi connectivity index (χ1) is 7.86. The molecule has 1 aliphatic rings. The van der Waals surface area contributed by atoms with Gasteiger partial charge in [-0.3, -0.25) is 0 Å². The quantitative estimate of drug-likeness (QED) is 0.821. The summed E-state index contributed by atoms with van der Waals surface area (Å²) in [5, 5.41) is 6.50. The molecule has 1 aliphatic heterocycles. The van der Waals surface area contributed by atoms with Crippen LogP contribution in [0, 0.1) is 5.82 Å². The van der Waals surface area contributed by atoms with Gasteiger partial charge < -0.3 is 10.6 Å². The van der Waals surface area contributed by atoms with Crippen molar-refractivity contribution in [1.29, 1.82) is 0 Å². The maximum atomic E-state index is 13.2. The Kier molecular flexibility index (Phi) is 4.10. The first-order valence-corrected chi connectivity index (χ1v) is 5.94. The van der Waals surface area contributed by atoms with E-state index in [0.717, 1.165) is 19.5 Å². The molecule has 88 valence electrons. The van der Waals surface area contributed by atoms with Crippen LogP contribution in [0.25, 0.3) is 0 Å². The smallest absolute Gasteiger partial charge is 0.165 e. The first kappa shape index (κ1) is 11.3. The average Bonchev–Trinajstić information content (AvgIpc) is 2.33. The van der Waals surface area contributed by atoms with Crippen LogP contribution >= 0.6 is 0 Å². The number of rotatable bonds is 4. The fraction of sp³-hybridized carbons (Fsp3) is 0.583. The van der Waals surface area contributed by atoms with Gasteiger partial charge in [0.05, 0.1) is 0 Å². The lowest BCUT2D eigenvalue weighted by Gasteiger charge is -2.23. The Hall–Kier alpha value is -1.16. The summed E-state index contributed by atoms with van der Waals surface area (Å²) in [4.78, 5) is 3.95. The zero-order chi connectivity index (χ0) is 11.2. The van der Waals surface area contributed by atoms with E-state index < -0.39 is 0 Å². The maximum absolute atomic E-state index is 13.2. The Morgan fingerprint density at radius 1 is 1.50 bits per heavy atom. The van der Waals surface area contributed by atoms with Gasteiger partial charge in [-0.1, -0.05) is 6.42 Å². The molecule has 1 atom stereocenters. The summed E-state index contributed by atoms with van der Waals surface area (Å²) in [5.41, 5.74) is 0. The van der Waals surface area contributed by atoms with E-state index in [1.807, 2.05) is 0 Å². The molecular weight excluding hydrogens is 205 g/mol. The minimum absolute atomic E-state index is 0.279. The van der Waals surface area contributed by atoms with Gasteiger partial charge in [0.15, 0.2) is 11.6 Å². The molecule has 2 N–H and O–H groups in total. The second kappa shape index (κ2) is 5.80. The Balaban J connectivity index is 1.73. The number of nitrogens with zero attached hydrogens (tertiary/aromatic N) is 1. The predicted octanol–water partition coefficient (Wildman–Crippen LogP) is 2.16. The highest BCUT2D eigenvalue weighted by Gasteiger charge is 2.11. The lowest BCUT2D eigenvalue weighted by molar-refractivity contribution is 0.388. The molecule has 0 radical (unpaired) electrons. The molecule has 1 aromatic rings. The summed E-state index contributed by atoms with van der Waals surface area (Å²) >= 11 is 0. The third-order valence-corrected chi connectivity index (χ3v) is 2.96. The van der Waals surface area contributed by atoms with Crippen LogP contribution in [-0.2, 0) is 0 Å². The van der Waals surface area contributed by atoms with E-state index in [1.54, 1.807) is 12.3 Å². The van der Waals surface area contributed by atoms with Gasteiger partial charge in [-0.15, -0.1) is 0 Å². The molecule has 0 amide bonds. The van der Waals surface area contributed by atoms with Crippen molar-refractivity contribution in [2.24, 2.45) is 0 Å². The molecule has 4 heteroatoms. The zero-order valence-corrected chi connectivity index (χ0v) is 9.38. The van der Waals surface area contributed by atoms with Gasteiger partial charge in [0.1, 0.15) is 0 Å². The topological polar surface area (TPSA) is 37.0 Å². The Labute approximate surface area is 95.5 Å². The number of aromatic nitrogens is 1. The van der Waals surface area contributed by atoms with Crippen molar-refractivity contribution < 1.29 is 4.39 Å². The third-order valence-electron chi connectivity index (χ3n) is 2.96. The molecular formula is C12H18FN3. The van der Waals surface area contributed by atoms with Crippen molar-refractivity contribution >= 4 is 5.82 Å². The summed E-state index contributed by atoms with van der Waals surface area (Å²) in [6.07, 6.45) is 6.43. The maximum Gasteiger partial charge on any atom is 0.165 e. The molecule has 0 saturated carbocycles. The molecule has 0 aliphatic carbocycles. The summed E-state index contributed by atoms with van der Waals surface area (Å²) < 4.78 is 13.2. The van der Waals surface area contributed by atoms with Crippen molar-refractivity contribution in [3.63, 3.8) is 0 Å².